The molecule has 1 saturated heterocycles. The SMILES string of the molecule is Fc1ccccc1N1CCN(c2cc(-c3ccccc3)nc(NC3CC3)n2)CC1. The first-order chi connectivity index (χ1) is 14.3. The topological polar surface area (TPSA) is 44.3 Å². The van der Waals surface area contributed by atoms with Crippen LogP contribution in [0.15, 0.2) is 60.7 Å². The number of benzene rings is 2. The number of anilines is 3. The van der Waals surface area contributed by atoms with Crippen LogP contribution >= 0.6 is 0 Å². The van der Waals surface area contributed by atoms with E-state index in [-0.39, 0.29) is 5.82 Å². The van der Waals surface area contributed by atoms with Crippen LogP contribution in [0.2, 0.25) is 0 Å². The lowest BCUT2D eigenvalue weighted by molar-refractivity contribution is 0.596. The Hall–Kier alpha value is -3.15. The Bertz CT molecular complexity index is 982. The maximum absolute atomic E-state index is 14.1. The van der Waals surface area contributed by atoms with Crippen LogP contribution in [0.5, 0.6) is 0 Å². The van der Waals surface area contributed by atoms with E-state index in [2.05, 4.69) is 33.3 Å². The number of hydrogen-bond acceptors (Lipinski definition) is 5. The maximum atomic E-state index is 14.1. The molecule has 2 aliphatic rings. The molecule has 3 aromatic rings. The molecule has 1 aliphatic carbocycles. The molecule has 1 saturated carbocycles. The van der Waals surface area contributed by atoms with Crippen LogP contribution in [0.4, 0.5) is 21.8 Å². The molecule has 5 rings (SSSR count). The fourth-order valence-corrected chi connectivity index (χ4v) is 3.71. The van der Waals surface area contributed by atoms with E-state index in [1.807, 2.05) is 30.3 Å². The molecule has 0 radical (unpaired) electrons. The smallest absolute Gasteiger partial charge is 0.225 e. The van der Waals surface area contributed by atoms with Gasteiger partial charge < -0.3 is 15.1 Å². The van der Waals surface area contributed by atoms with Crippen molar-refractivity contribution < 1.29 is 4.39 Å². The molecule has 1 aliphatic heterocycles. The Balaban J connectivity index is 1.38. The van der Waals surface area contributed by atoms with Crippen molar-refractivity contribution in [2.75, 3.05) is 41.3 Å². The highest BCUT2D eigenvalue weighted by Gasteiger charge is 2.24. The molecule has 2 aromatic carbocycles. The van der Waals surface area contributed by atoms with E-state index >= 15 is 0 Å². The van der Waals surface area contributed by atoms with Crippen molar-refractivity contribution in [1.82, 2.24) is 9.97 Å². The maximum Gasteiger partial charge on any atom is 0.225 e. The zero-order chi connectivity index (χ0) is 19.6. The van der Waals surface area contributed by atoms with Gasteiger partial charge in [0.1, 0.15) is 11.6 Å². The fourth-order valence-electron chi connectivity index (χ4n) is 3.71. The molecule has 5 nitrogen and oxygen atoms in total. The van der Waals surface area contributed by atoms with Gasteiger partial charge in [-0.1, -0.05) is 42.5 Å². The third-order valence-electron chi connectivity index (χ3n) is 5.49. The number of nitrogens with one attached hydrogen (secondary N) is 1. The number of nitrogens with zero attached hydrogens (tertiary/aromatic N) is 4. The van der Waals surface area contributed by atoms with Crippen LogP contribution in [0.25, 0.3) is 11.3 Å². The Morgan fingerprint density at radius 3 is 2.24 bits per heavy atom. The number of para-hydroxylation sites is 1. The number of halogens is 1. The first kappa shape index (κ1) is 17.9. The molecule has 6 heteroatoms. The van der Waals surface area contributed by atoms with E-state index in [1.54, 1.807) is 6.07 Å². The predicted molar refractivity (Wildman–Crippen MR) is 115 cm³/mol. The first-order valence-corrected chi connectivity index (χ1v) is 10.2. The normalized spacial score (nSPS) is 16.7. The third-order valence-corrected chi connectivity index (χ3v) is 5.49. The molecule has 0 unspecified atom stereocenters. The fraction of sp³-hybridized carbons (Fsp3) is 0.304. The summed E-state index contributed by atoms with van der Waals surface area (Å²) in [5.74, 6) is 1.46. The third kappa shape index (κ3) is 4.01. The lowest BCUT2D eigenvalue weighted by Gasteiger charge is -2.37. The summed E-state index contributed by atoms with van der Waals surface area (Å²) < 4.78 is 14.1. The number of aromatic nitrogens is 2. The molecule has 0 bridgehead atoms. The Labute approximate surface area is 170 Å². The minimum absolute atomic E-state index is 0.162. The van der Waals surface area contributed by atoms with Crippen molar-refractivity contribution in [2.24, 2.45) is 0 Å². The van der Waals surface area contributed by atoms with Crippen LogP contribution < -0.4 is 15.1 Å². The van der Waals surface area contributed by atoms with Gasteiger partial charge in [-0.3, -0.25) is 0 Å². The number of rotatable bonds is 5. The standard InChI is InChI=1S/C23H24FN5/c24-19-8-4-5-9-21(19)28-12-14-29(15-13-28)22-16-20(17-6-2-1-3-7-17)26-23(27-22)25-18-10-11-18/h1-9,16,18H,10-15H2,(H,25,26,27). The number of piperazine rings is 1. The van der Waals surface area contributed by atoms with E-state index in [0.717, 1.165) is 43.3 Å². The van der Waals surface area contributed by atoms with Crippen molar-refractivity contribution >= 4 is 17.5 Å². The van der Waals surface area contributed by atoms with Crippen LogP contribution in [-0.2, 0) is 0 Å². The average Bonchev–Trinajstić information content (AvgIpc) is 3.59. The van der Waals surface area contributed by atoms with Gasteiger partial charge in [-0.15, -0.1) is 0 Å². The Kier molecular flexibility index (Phi) is 4.76. The van der Waals surface area contributed by atoms with Crippen molar-refractivity contribution in [3.8, 4) is 11.3 Å². The van der Waals surface area contributed by atoms with Crippen LogP contribution in [0, 0.1) is 5.82 Å². The summed E-state index contributed by atoms with van der Waals surface area (Å²) in [7, 11) is 0. The van der Waals surface area contributed by atoms with Crippen molar-refractivity contribution in [3.63, 3.8) is 0 Å². The van der Waals surface area contributed by atoms with Crippen molar-refractivity contribution in [2.45, 2.75) is 18.9 Å². The molecular formula is C23H24FN5. The minimum atomic E-state index is -0.162. The molecule has 1 N–H and O–H groups in total. The van der Waals surface area contributed by atoms with E-state index in [4.69, 9.17) is 9.97 Å². The first-order valence-electron chi connectivity index (χ1n) is 10.2. The molecule has 29 heavy (non-hydrogen) atoms. The monoisotopic (exact) mass is 389 g/mol. The molecule has 0 atom stereocenters. The lowest BCUT2D eigenvalue weighted by atomic mass is 10.1. The van der Waals surface area contributed by atoms with E-state index in [0.29, 0.717) is 17.7 Å². The highest BCUT2D eigenvalue weighted by Crippen LogP contribution is 2.28. The van der Waals surface area contributed by atoms with Gasteiger partial charge >= 0.3 is 0 Å². The molecule has 1 aromatic heterocycles. The minimum Gasteiger partial charge on any atom is -0.366 e. The highest BCUT2D eigenvalue weighted by molar-refractivity contribution is 5.65. The van der Waals surface area contributed by atoms with Crippen LogP contribution in [-0.4, -0.2) is 42.2 Å². The van der Waals surface area contributed by atoms with Gasteiger partial charge in [0.05, 0.1) is 11.4 Å². The van der Waals surface area contributed by atoms with Gasteiger partial charge in [0.15, 0.2) is 0 Å². The molecule has 2 fully saturated rings. The van der Waals surface area contributed by atoms with Crippen molar-refractivity contribution in [3.05, 3.63) is 66.5 Å². The lowest BCUT2D eigenvalue weighted by Crippen LogP contribution is -2.47. The average molecular weight is 389 g/mol. The Morgan fingerprint density at radius 2 is 1.52 bits per heavy atom. The molecule has 2 heterocycles. The van der Waals surface area contributed by atoms with Gasteiger partial charge in [0, 0.05) is 43.9 Å². The second kappa shape index (κ2) is 7.70. The van der Waals surface area contributed by atoms with E-state index in [9.17, 15) is 4.39 Å². The summed E-state index contributed by atoms with van der Waals surface area (Å²) in [6, 6.07) is 19.7. The van der Waals surface area contributed by atoms with Gasteiger partial charge in [-0.2, -0.15) is 4.98 Å². The summed E-state index contributed by atoms with van der Waals surface area (Å²) in [6.45, 7) is 3.11. The Morgan fingerprint density at radius 1 is 0.828 bits per heavy atom. The zero-order valence-electron chi connectivity index (χ0n) is 16.3. The van der Waals surface area contributed by atoms with Gasteiger partial charge in [-0.25, -0.2) is 9.37 Å². The molecule has 0 amide bonds. The van der Waals surface area contributed by atoms with E-state index < -0.39 is 0 Å². The second-order valence-electron chi connectivity index (χ2n) is 7.65. The summed E-state index contributed by atoms with van der Waals surface area (Å²) in [5.41, 5.74) is 2.69. The van der Waals surface area contributed by atoms with Gasteiger partial charge in [0.25, 0.3) is 0 Å². The number of hydrogen-bond donors (Lipinski definition) is 1. The summed E-state index contributed by atoms with van der Waals surface area (Å²) in [6.07, 6.45) is 2.35. The second-order valence-corrected chi connectivity index (χ2v) is 7.65. The summed E-state index contributed by atoms with van der Waals surface area (Å²) in [5, 5.41) is 3.44. The quantitative estimate of drug-likeness (QED) is 0.709. The molecule has 148 valence electrons. The van der Waals surface area contributed by atoms with Gasteiger partial charge in [0.2, 0.25) is 5.95 Å². The molecule has 0 spiro atoms. The summed E-state index contributed by atoms with van der Waals surface area (Å²) >= 11 is 0. The summed E-state index contributed by atoms with van der Waals surface area (Å²) in [4.78, 5) is 13.9. The van der Waals surface area contributed by atoms with Gasteiger partial charge in [-0.05, 0) is 25.0 Å². The van der Waals surface area contributed by atoms with E-state index in [1.165, 1.54) is 18.9 Å². The highest BCUT2D eigenvalue weighted by atomic mass is 19.1. The zero-order valence-corrected chi connectivity index (χ0v) is 16.3. The van der Waals surface area contributed by atoms with Crippen molar-refractivity contribution in [1.29, 1.82) is 0 Å². The van der Waals surface area contributed by atoms with Crippen LogP contribution in [0.1, 0.15) is 12.8 Å². The van der Waals surface area contributed by atoms with Crippen LogP contribution in [0.3, 0.4) is 0 Å². The molecular weight excluding hydrogens is 365 g/mol. The predicted octanol–water partition coefficient (Wildman–Crippen LogP) is 4.18. The largest absolute Gasteiger partial charge is 0.366 e.